The van der Waals surface area contributed by atoms with Crippen LogP contribution in [0.3, 0.4) is 0 Å². The average Bonchev–Trinajstić information content (AvgIpc) is 2.76. The highest BCUT2D eigenvalue weighted by Gasteiger charge is 2.31. The summed E-state index contributed by atoms with van der Waals surface area (Å²) in [6.07, 6.45) is -2.52. The first-order chi connectivity index (χ1) is 8.41. The molecule has 0 aliphatic carbocycles. The first-order valence-corrected chi connectivity index (χ1v) is 5.13. The van der Waals surface area contributed by atoms with Crippen LogP contribution in [0, 0.1) is 0 Å². The maximum Gasteiger partial charge on any atom is 0.417 e. The van der Waals surface area contributed by atoms with Gasteiger partial charge in [-0.05, 0) is 6.07 Å². The van der Waals surface area contributed by atoms with E-state index in [0.29, 0.717) is 12.0 Å². The van der Waals surface area contributed by atoms with Crippen LogP contribution >= 0.6 is 11.6 Å². The van der Waals surface area contributed by atoms with E-state index in [4.69, 9.17) is 17.3 Å². The number of hydrogen-bond acceptors (Lipinski definition) is 4. The van der Waals surface area contributed by atoms with Gasteiger partial charge in [-0.25, -0.2) is 14.6 Å². The summed E-state index contributed by atoms with van der Waals surface area (Å²) in [5.74, 6) is 0.407. The number of aromatic nitrogens is 4. The molecule has 9 heteroatoms. The maximum absolute atomic E-state index is 12.4. The number of nitrogens with two attached hydrogens (primary N) is 1. The van der Waals surface area contributed by atoms with Crippen molar-refractivity contribution < 1.29 is 13.2 Å². The Morgan fingerprint density at radius 3 is 2.56 bits per heavy atom. The molecule has 96 valence electrons. The summed E-state index contributed by atoms with van der Waals surface area (Å²) in [5, 5.41) is 3.74. The molecule has 2 aromatic rings. The SMILES string of the molecule is NCc1ncn(-c2ncc(C(F)(F)F)cc2Cl)n1. The molecule has 2 heterocycles. The van der Waals surface area contributed by atoms with Crippen molar-refractivity contribution in [2.45, 2.75) is 12.7 Å². The Bertz CT molecular complexity index is 566. The lowest BCUT2D eigenvalue weighted by atomic mass is 10.3. The number of pyridine rings is 1. The smallest absolute Gasteiger partial charge is 0.324 e. The molecule has 0 radical (unpaired) electrons. The van der Waals surface area contributed by atoms with Crippen molar-refractivity contribution in [3.8, 4) is 5.82 Å². The van der Waals surface area contributed by atoms with E-state index in [9.17, 15) is 13.2 Å². The van der Waals surface area contributed by atoms with E-state index < -0.39 is 11.7 Å². The van der Waals surface area contributed by atoms with Crippen LogP contribution in [0.15, 0.2) is 18.6 Å². The number of nitrogens with zero attached hydrogens (tertiary/aromatic N) is 4. The highest BCUT2D eigenvalue weighted by molar-refractivity contribution is 6.32. The fourth-order valence-electron chi connectivity index (χ4n) is 1.25. The second-order valence-electron chi connectivity index (χ2n) is 3.34. The Kier molecular flexibility index (Phi) is 3.22. The highest BCUT2D eigenvalue weighted by Crippen LogP contribution is 2.31. The molecule has 0 saturated carbocycles. The molecule has 0 bridgehead atoms. The van der Waals surface area contributed by atoms with Gasteiger partial charge in [0.25, 0.3) is 0 Å². The molecule has 0 aromatic carbocycles. The van der Waals surface area contributed by atoms with Gasteiger partial charge >= 0.3 is 6.18 Å². The minimum atomic E-state index is -4.49. The van der Waals surface area contributed by atoms with Crippen LogP contribution in [-0.2, 0) is 12.7 Å². The maximum atomic E-state index is 12.4. The van der Waals surface area contributed by atoms with Crippen molar-refractivity contribution in [3.63, 3.8) is 0 Å². The van der Waals surface area contributed by atoms with Gasteiger partial charge in [0.05, 0.1) is 17.1 Å². The molecule has 0 spiro atoms. The molecular weight excluding hydrogens is 271 g/mol. The Morgan fingerprint density at radius 1 is 1.33 bits per heavy atom. The van der Waals surface area contributed by atoms with Crippen LogP contribution in [0.25, 0.3) is 5.82 Å². The van der Waals surface area contributed by atoms with Crippen molar-refractivity contribution in [1.82, 2.24) is 19.7 Å². The van der Waals surface area contributed by atoms with Gasteiger partial charge < -0.3 is 5.73 Å². The summed E-state index contributed by atoms with van der Waals surface area (Å²) in [6, 6.07) is 0.785. The summed E-state index contributed by atoms with van der Waals surface area (Å²) in [7, 11) is 0. The summed E-state index contributed by atoms with van der Waals surface area (Å²) in [5.41, 5.74) is 4.40. The molecule has 0 saturated heterocycles. The second kappa shape index (κ2) is 4.54. The van der Waals surface area contributed by atoms with Crippen molar-refractivity contribution in [2.24, 2.45) is 5.73 Å². The zero-order valence-electron chi connectivity index (χ0n) is 8.82. The topological polar surface area (TPSA) is 69.6 Å². The van der Waals surface area contributed by atoms with E-state index >= 15 is 0 Å². The Labute approximate surface area is 104 Å². The summed E-state index contributed by atoms with van der Waals surface area (Å²) >= 11 is 5.74. The van der Waals surface area contributed by atoms with Crippen LogP contribution in [0.1, 0.15) is 11.4 Å². The van der Waals surface area contributed by atoms with Gasteiger partial charge in [0.1, 0.15) is 6.33 Å². The monoisotopic (exact) mass is 277 g/mol. The lowest BCUT2D eigenvalue weighted by Gasteiger charge is -2.08. The van der Waals surface area contributed by atoms with E-state index in [-0.39, 0.29) is 17.4 Å². The Hall–Kier alpha value is -1.67. The lowest BCUT2D eigenvalue weighted by Crippen LogP contribution is -2.08. The van der Waals surface area contributed by atoms with Crippen molar-refractivity contribution >= 4 is 11.6 Å². The van der Waals surface area contributed by atoms with Gasteiger partial charge in [0.2, 0.25) is 0 Å². The normalized spacial score (nSPS) is 11.8. The molecule has 18 heavy (non-hydrogen) atoms. The third-order valence-corrected chi connectivity index (χ3v) is 2.37. The summed E-state index contributed by atoms with van der Waals surface area (Å²) in [4.78, 5) is 7.46. The van der Waals surface area contributed by atoms with Gasteiger partial charge in [-0.15, -0.1) is 5.10 Å². The first-order valence-electron chi connectivity index (χ1n) is 4.75. The van der Waals surface area contributed by atoms with E-state index in [2.05, 4.69) is 15.1 Å². The van der Waals surface area contributed by atoms with Crippen LogP contribution < -0.4 is 5.73 Å². The standard InChI is InChI=1S/C9H7ClF3N5/c10-6-1-5(9(11,12)13)3-15-8(6)18-4-16-7(2-14)17-18/h1,3-4H,2,14H2. The molecule has 0 amide bonds. The van der Waals surface area contributed by atoms with E-state index in [1.165, 1.54) is 11.0 Å². The molecule has 2 rings (SSSR count). The molecule has 0 atom stereocenters. The number of hydrogen-bond donors (Lipinski definition) is 1. The molecule has 0 fully saturated rings. The van der Waals surface area contributed by atoms with Crippen molar-refractivity contribution in [2.75, 3.05) is 0 Å². The molecule has 0 unspecified atom stereocenters. The molecule has 2 aromatic heterocycles. The lowest BCUT2D eigenvalue weighted by molar-refractivity contribution is -0.137. The highest BCUT2D eigenvalue weighted by atomic mass is 35.5. The average molecular weight is 278 g/mol. The third-order valence-electron chi connectivity index (χ3n) is 2.09. The number of rotatable bonds is 2. The second-order valence-corrected chi connectivity index (χ2v) is 3.74. The molecule has 0 aliphatic rings. The zero-order valence-corrected chi connectivity index (χ0v) is 9.57. The first kappa shape index (κ1) is 12.8. The summed E-state index contributed by atoms with van der Waals surface area (Å²) < 4.78 is 38.4. The molecule has 5 nitrogen and oxygen atoms in total. The molecule has 2 N–H and O–H groups in total. The van der Waals surface area contributed by atoms with Gasteiger partial charge in [0.15, 0.2) is 11.6 Å². The Balaban J connectivity index is 2.41. The predicted octanol–water partition coefficient (Wildman–Crippen LogP) is 1.79. The third kappa shape index (κ3) is 2.44. The van der Waals surface area contributed by atoms with Crippen LogP contribution in [0.4, 0.5) is 13.2 Å². The van der Waals surface area contributed by atoms with E-state index in [1.54, 1.807) is 0 Å². The van der Waals surface area contributed by atoms with Crippen molar-refractivity contribution in [1.29, 1.82) is 0 Å². The van der Waals surface area contributed by atoms with Crippen LogP contribution in [0.2, 0.25) is 5.02 Å². The Morgan fingerprint density at radius 2 is 2.06 bits per heavy atom. The quantitative estimate of drug-likeness (QED) is 0.909. The zero-order chi connectivity index (χ0) is 13.3. The van der Waals surface area contributed by atoms with Crippen LogP contribution in [-0.4, -0.2) is 19.7 Å². The minimum absolute atomic E-state index is 0.0665. The fraction of sp³-hybridized carbons (Fsp3) is 0.222. The number of halogens is 4. The van der Waals surface area contributed by atoms with Crippen LogP contribution in [0.5, 0.6) is 0 Å². The van der Waals surface area contributed by atoms with Gasteiger partial charge in [0, 0.05) is 6.20 Å². The van der Waals surface area contributed by atoms with Gasteiger partial charge in [-0.3, -0.25) is 0 Å². The van der Waals surface area contributed by atoms with Gasteiger partial charge in [-0.1, -0.05) is 11.6 Å². The molecular formula is C9H7ClF3N5. The largest absolute Gasteiger partial charge is 0.417 e. The van der Waals surface area contributed by atoms with Gasteiger partial charge in [-0.2, -0.15) is 13.2 Å². The van der Waals surface area contributed by atoms with E-state index in [0.717, 1.165) is 6.07 Å². The number of alkyl halides is 3. The predicted molar refractivity (Wildman–Crippen MR) is 57.1 cm³/mol. The summed E-state index contributed by atoms with van der Waals surface area (Å²) in [6.45, 7) is 0.116. The fourth-order valence-corrected chi connectivity index (χ4v) is 1.50. The van der Waals surface area contributed by atoms with E-state index in [1.807, 2.05) is 0 Å². The van der Waals surface area contributed by atoms with Crippen molar-refractivity contribution in [3.05, 3.63) is 35.0 Å². The molecule has 0 aliphatic heterocycles. The minimum Gasteiger partial charge on any atom is -0.324 e.